The lowest BCUT2D eigenvalue weighted by atomic mass is 10.2. The minimum absolute atomic E-state index is 0.599. The summed E-state index contributed by atoms with van der Waals surface area (Å²) in [6.45, 7) is 0. The van der Waals surface area contributed by atoms with Gasteiger partial charge in [0.2, 0.25) is 5.16 Å². The van der Waals surface area contributed by atoms with E-state index in [1.165, 1.54) is 11.8 Å². The van der Waals surface area contributed by atoms with Gasteiger partial charge >= 0.3 is 0 Å². The summed E-state index contributed by atoms with van der Waals surface area (Å²) in [5, 5.41) is 20.8. The van der Waals surface area contributed by atoms with Crippen molar-refractivity contribution in [1.82, 2.24) is 20.2 Å². The minimum atomic E-state index is 0.599. The van der Waals surface area contributed by atoms with Crippen LogP contribution in [0.2, 0.25) is 0 Å². The summed E-state index contributed by atoms with van der Waals surface area (Å²) < 4.78 is 2.44. The third-order valence-corrected chi connectivity index (χ3v) is 3.44. The molecule has 16 heavy (non-hydrogen) atoms. The van der Waals surface area contributed by atoms with E-state index < -0.39 is 0 Å². The Bertz CT molecular complexity index is 559. The molecule has 2 aromatic rings. The van der Waals surface area contributed by atoms with Crippen LogP contribution in [-0.2, 0) is 7.05 Å². The van der Waals surface area contributed by atoms with Crippen molar-refractivity contribution in [2.45, 2.75) is 10.1 Å². The third-order valence-electron chi connectivity index (χ3n) is 1.84. The summed E-state index contributed by atoms with van der Waals surface area (Å²) in [5.74, 6) is 0. The van der Waals surface area contributed by atoms with Crippen LogP contribution in [0.25, 0.3) is 0 Å². The van der Waals surface area contributed by atoms with Gasteiger partial charge in [-0.25, -0.2) is 4.68 Å². The Balaban J connectivity index is 2.36. The highest BCUT2D eigenvalue weighted by Crippen LogP contribution is 2.29. The molecule has 0 N–H and O–H groups in total. The largest absolute Gasteiger partial charge is 0.223 e. The lowest BCUT2D eigenvalue weighted by molar-refractivity contribution is 0.664. The molecular weight excluding hydrogens is 290 g/mol. The van der Waals surface area contributed by atoms with Gasteiger partial charge in [0.15, 0.2) is 0 Å². The van der Waals surface area contributed by atoms with Gasteiger partial charge in [0.05, 0.1) is 5.56 Å². The maximum absolute atomic E-state index is 9.00. The Kier molecular flexibility index (Phi) is 3.22. The fraction of sp³-hybridized carbons (Fsp3) is 0.111. The van der Waals surface area contributed by atoms with Crippen molar-refractivity contribution in [2.24, 2.45) is 7.05 Å². The van der Waals surface area contributed by atoms with Gasteiger partial charge in [0, 0.05) is 16.4 Å². The predicted molar refractivity (Wildman–Crippen MR) is 61.8 cm³/mol. The molecule has 0 aliphatic carbocycles. The average Bonchev–Trinajstić information content (AvgIpc) is 2.67. The highest BCUT2D eigenvalue weighted by molar-refractivity contribution is 9.10. The first-order valence-electron chi connectivity index (χ1n) is 4.30. The number of aromatic nitrogens is 4. The molecule has 0 saturated carbocycles. The number of benzene rings is 1. The van der Waals surface area contributed by atoms with E-state index in [-0.39, 0.29) is 0 Å². The van der Waals surface area contributed by atoms with E-state index in [9.17, 15) is 0 Å². The molecule has 0 atom stereocenters. The lowest BCUT2D eigenvalue weighted by Crippen LogP contribution is -1.93. The van der Waals surface area contributed by atoms with Crippen molar-refractivity contribution in [2.75, 3.05) is 0 Å². The molecule has 0 radical (unpaired) electrons. The Morgan fingerprint density at radius 2 is 2.31 bits per heavy atom. The molecule has 0 unspecified atom stereocenters. The minimum Gasteiger partial charge on any atom is -0.223 e. The molecule has 0 amide bonds. The van der Waals surface area contributed by atoms with Gasteiger partial charge in [-0.1, -0.05) is 15.9 Å². The van der Waals surface area contributed by atoms with E-state index in [2.05, 4.69) is 37.5 Å². The highest BCUT2D eigenvalue weighted by Gasteiger charge is 2.09. The molecule has 0 saturated heterocycles. The van der Waals surface area contributed by atoms with Crippen LogP contribution in [0.5, 0.6) is 0 Å². The third kappa shape index (κ3) is 2.23. The number of hydrogen-bond donors (Lipinski definition) is 0. The summed E-state index contributed by atoms with van der Waals surface area (Å²) in [5.41, 5.74) is 0.599. The van der Waals surface area contributed by atoms with Gasteiger partial charge in [0.25, 0.3) is 0 Å². The Morgan fingerprint density at radius 1 is 1.50 bits per heavy atom. The number of tetrazole rings is 1. The second-order valence-electron chi connectivity index (χ2n) is 2.94. The van der Waals surface area contributed by atoms with E-state index >= 15 is 0 Å². The van der Waals surface area contributed by atoms with Gasteiger partial charge in [0.1, 0.15) is 6.07 Å². The fourth-order valence-electron chi connectivity index (χ4n) is 1.08. The van der Waals surface area contributed by atoms with Crippen LogP contribution in [-0.4, -0.2) is 20.2 Å². The molecule has 80 valence electrons. The molecular formula is C9H6BrN5S. The fourth-order valence-corrected chi connectivity index (χ4v) is 2.24. The zero-order valence-electron chi connectivity index (χ0n) is 8.25. The van der Waals surface area contributed by atoms with E-state index in [1.54, 1.807) is 17.8 Å². The van der Waals surface area contributed by atoms with Crippen LogP contribution in [0.4, 0.5) is 0 Å². The number of hydrogen-bond acceptors (Lipinski definition) is 5. The Morgan fingerprint density at radius 3 is 2.94 bits per heavy atom. The Hall–Kier alpha value is -1.39. The monoisotopic (exact) mass is 295 g/mol. The van der Waals surface area contributed by atoms with Crippen molar-refractivity contribution in [3.05, 3.63) is 28.2 Å². The molecule has 1 heterocycles. The first-order chi connectivity index (χ1) is 7.70. The average molecular weight is 296 g/mol. The van der Waals surface area contributed by atoms with Gasteiger partial charge in [-0.15, -0.1) is 5.10 Å². The first-order valence-corrected chi connectivity index (χ1v) is 5.91. The van der Waals surface area contributed by atoms with Crippen LogP contribution in [0.1, 0.15) is 5.56 Å². The van der Waals surface area contributed by atoms with Gasteiger partial charge in [-0.05, 0) is 40.4 Å². The molecule has 0 spiro atoms. The van der Waals surface area contributed by atoms with Crippen LogP contribution >= 0.6 is 27.7 Å². The summed E-state index contributed by atoms with van der Waals surface area (Å²) >= 11 is 4.69. The smallest absolute Gasteiger partial charge is 0.213 e. The molecule has 0 aliphatic heterocycles. The van der Waals surface area contributed by atoms with Gasteiger partial charge < -0.3 is 0 Å². The molecule has 5 nitrogen and oxygen atoms in total. The number of halogens is 1. The number of nitriles is 1. The predicted octanol–water partition coefficient (Wildman–Crippen LogP) is 2.00. The van der Waals surface area contributed by atoms with Crippen LogP contribution in [0, 0.1) is 11.3 Å². The van der Waals surface area contributed by atoms with E-state index in [4.69, 9.17) is 5.26 Å². The van der Waals surface area contributed by atoms with Gasteiger partial charge in [-0.2, -0.15) is 5.26 Å². The Labute approximate surface area is 105 Å². The van der Waals surface area contributed by atoms with Crippen LogP contribution in [0.3, 0.4) is 0 Å². The topological polar surface area (TPSA) is 67.4 Å². The van der Waals surface area contributed by atoms with Gasteiger partial charge in [-0.3, -0.25) is 0 Å². The van der Waals surface area contributed by atoms with Crippen molar-refractivity contribution < 1.29 is 0 Å². The maximum Gasteiger partial charge on any atom is 0.213 e. The quantitative estimate of drug-likeness (QED) is 0.848. The van der Waals surface area contributed by atoms with Crippen molar-refractivity contribution in [3.63, 3.8) is 0 Å². The molecule has 0 bridgehead atoms. The molecule has 1 aromatic carbocycles. The summed E-state index contributed by atoms with van der Waals surface area (Å²) in [4.78, 5) is 0.837. The van der Waals surface area contributed by atoms with Crippen molar-refractivity contribution in [1.29, 1.82) is 5.26 Å². The number of aryl methyl sites for hydroxylation is 1. The van der Waals surface area contributed by atoms with E-state index in [1.807, 2.05) is 12.1 Å². The molecule has 2 rings (SSSR count). The van der Waals surface area contributed by atoms with Crippen LogP contribution in [0.15, 0.2) is 32.7 Å². The molecule has 1 aromatic heterocycles. The second kappa shape index (κ2) is 4.63. The summed E-state index contributed by atoms with van der Waals surface area (Å²) in [6, 6.07) is 7.65. The molecule has 7 heteroatoms. The maximum atomic E-state index is 9.00. The molecule has 0 aliphatic rings. The zero-order valence-corrected chi connectivity index (χ0v) is 10.7. The number of nitrogens with zero attached hydrogens (tertiary/aromatic N) is 5. The first kappa shape index (κ1) is 11.1. The van der Waals surface area contributed by atoms with E-state index in [0.29, 0.717) is 10.7 Å². The van der Waals surface area contributed by atoms with Crippen molar-refractivity contribution >= 4 is 27.7 Å². The SMILES string of the molecule is Cn1nnnc1Sc1ccc(Br)cc1C#N. The van der Waals surface area contributed by atoms with Crippen LogP contribution < -0.4 is 0 Å². The lowest BCUT2D eigenvalue weighted by Gasteiger charge is -2.02. The van der Waals surface area contributed by atoms with E-state index in [0.717, 1.165) is 9.37 Å². The normalized spacial score (nSPS) is 10.1. The summed E-state index contributed by atoms with van der Waals surface area (Å²) in [7, 11) is 1.76. The zero-order chi connectivity index (χ0) is 11.5. The highest BCUT2D eigenvalue weighted by atomic mass is 79.9. The number of rotatable bonds is 2. The second-order valence-corrected chi connectivity index (χ2v) is 4.86. The van der Waals surface area contributed by atoms with Crippen molar-refractivity contribution in [3.8, 4) is 6.07 Å². The summed E-state index contributed by atoms with van der Waals surface area (Å²) in [6.07, 6.45) is 0. The standard InChI is InChI=1S/C9H6BrN5S/c1-15-9(12-13-14-15)16-8-3-2-7(10)4-6(8)5-11/h2-4H,1H3. The molecule has 0 fully saturated rings.